The van der Waals surface area contributed by atoms with Crippen molar-refractivity contribution in [2.24, 2.45) is 0 Å². The van der Waals surface area contributed by atoms with E-state index < -0.39 is 5.97 Å². The number of anilines is 1. The van der Waals surface area contributed by atoms with Crippen LogP contribution in [0.3, 0.4) is 0 Å². The van der Waals surface area contributed by atoms with Gasteiger partial charge in [-0.1, -0.05) is 24.6 Å². The molecule has 0 saturated carbocycles. The molecule has 0 fully saturated rings. The number of benzene rings is 1. The molecule has 18 heavy (non-hydrogen) atoms. The molecule has 0 radical (unpaired) electrons. The van der Waals surface area contributed by atoms with Gasteiger partial charge in [-0.05, 0) is 37.1 Å². The third kappa shape index (κ3) is 3.77. The van der Waals surface area contributed by atoms with Gasteiger partial charge in [-0.15, -0.1) is 0 Å². The molecule has 1 atom stereocenters. The monoisotopic (exact) mass is 267 g/mol. The highest BCUT2D eigenvalue weighted by molar-refractivity contribution is 6.32. The number of halogens is 1. The van der Waals surface area contributed by atoms with Gasteiger partial charge in [0.25, 0.3) is 0 Å². The Kier molecular flexibility index (Phi) is 5.23. The van der Waals surface area contributed by atoms with Crippen molar-refractivity contribution in [3.63, 3.8) is 0 Å². The molecule has 4 heteroatoms. The number of hydrogen-bond donors (Lipinski definition) is 1. The Morgan fingerprint density at radius 3 is 2.72 bits per heavy atom. The Balaban J connectivity index is 2.95. The summed E-state index contributed by atoms with van der Waals surface area (Å²) in [7, 11) is 2.02. The zero-order valence-electron chi connectivity index (χ0n) is 10.9. The van der Waals surface area contributed by atoms with Gasteiger partial charge >= 0.3 is 5.97 Å². The Morgan fingerprint density at radius 2 is 2.22 bits per heavy atom. The fraction of sp³-hybridized carbons (Fsp3) is 0.357. The second-order valence-electron chi connectivity index (χ2n) is 4.25. The van der Waals surface area contributed by atoms with E-state index in [1.54, 1.807) is 0 Å². The van der Waals surface area contributed by atoms with E-state index in [1.807, 2.05) is 25.2 Å². The van der Waals surface area contributed by atoms with Gasteiger partial charge in [0.1, 0.15) is 0 Å². The van der Waals surface area contributed by atoms with Crippen molar-refractivity contribution in [2.75, 3.05) is 11.9 Å². The van der Waals surface area contributed by atoms with Crippen molar-refractivity contribution < 1.29 is 9.90 Å². The molecule has 0 aliphatic heterocycles. The predicted molar refractivity (Wildman–Crippen MR) is 76.3 cm³/mol. The lowest BCUT2D eigenvalue weighted by Crippen LogP contribution is -2.27. The number of aliphatic carboxylic acids is 1. The second-order valence-corrected chi connectivity index (χ2v) is 4.65. The summed E-state index contributed by atoms with van der Waals surface area (Å²) in [5, 5.41) is 9.13. The predicted octanol–water partition coefficient (Wildman–Crippen LogP) is 3.67. The van der Waals surface area contributed by atoms with Crippen molar-refractivity contribution in [3.05, 3.63) is 34.9 Å². The summed E-state index contributed by atoms with van der Waals surface area (Å²) in [4.78, 5) is 12.6. The lowest BCUT2D eigenvalue weighted by Gasteiger charge is -2.26. The highest BCUT2D eigenvalue weighted by Gasteiger charge is 2.09. The minimum absolute atomic E-state index is 0.432. The first-order chi connectivity index (χ1) is 8.45. The highest BCUT2D eigenvalue weighted by Crippen LogP contribution is 2.25. The smallest absolute Gasteiger partial charge is 0.328 e. The van der Waals surface area contributed by atoms with Crippen molar-refractivity contribution >= 4 is 29.3 Å². The Hall–Kier alpha value is -1.48. The van der Waals surface area contributed by atoms with Crippen LogP contribution in [-0.2, 0) is 4.79 Å². The van der Waals surface area contributed by atoms with Gasteiger partial charge in [-0.25, -0.2) is 4.79 Å². The molecular weight excluding hydrogens is 250 g/mol. The Bertz CT molecular complexity index is 457. The molecule has 1 aromatic rings. The first-order valence-corrected chi connectivity index (χ1v) is 6.27. The van der Waals surface area contributed by atoms with E-state index in [4.69, 9.17) is 16.7 Å². The molecule has 0 saturated heterocycles. The van der Waals surface area contributed by atoms with Crippen LogP contribution in [0.5, 0.6) is 0 Å². The van der Waals surface area contributed by atoms with Crippen LogP contribution in [-0.4, -0.2) is 24.2 Å². The fourth-order valence-corrected chi connectivity index (χ4v) is 1.80. The number of rotatable bonds is 5. The third-order valence-electron chi connectivity index (χ3n) is 3.05. The van der Waals surface area contributed by atoms with Gasteiger partial charge in [-0.3, -0.25) is 0 Å². The third-order valence-corrected chi connectivity index (χ3v) is 3.38. The maximum atomic E-state index is 10.4. The van der Waals surface area contributed by atoms with Crippen molar-refractivity contribution in [3.8, 4) is 0 Å². The van der Waals surface area contributed by atoms with Gasteiger partial charge in [-0.2, -0.15) is 0 Å². The van der Waals surface area contributed by atoms with Crippen LogP contribution in [0.2, 0.25) is 5.02 Å². The average molecular weight is 268 g/mol. The normalized spacial score (nSPS) is 12.7. The molecule has 98 valence electrons. The van der Waals surface area contributed by atoms with Gasteiger partial charge in [0.15, 0.2) is 0 Å². The average Bonchev–Trinajstić information content (AvgIpc) is 2.35. The highest BCUT2D eigenvalue weighted by atomic mass is 35.5. The Labute approximate surface area is 113 Å². The first-order valence-electron chi connectivity index (χ1n) is 5.89. The second kappa shape index (κ2) is 6.45. The molecule has 0 spiro atoms. The maximum Gasteiger partial charge on any atom is 0.328 e. The lowest BCUT2D eigenvalue weighted by molar-refractivity contribution is -0.131. The largest absolute Gasteiger partial charge is 0.478 e. The van der Waals surface area contributed by atoms with Crippen LogP contribution in [0, 0.1) is 0 Å². The summed E-state index contributed by atoms with van der Waals surface area (Å²) in [6, 6.07) is 6.06. The molecule has 0 aliphatic carbocycles. The molecule has 0 amide bonds. The molecule has 1 rings (SSSR count). The van der Waals surface area contributed by atoms with Crippen LogP contribution in [0.15, 0.2) is 24.3 Å². The van der Waals surface area contributed by atoms with Gasteiger partial charge in [0.2, 0.25) is 0 Å². The zero-order chi connectivity index (χ0) is 13.7. The molecule has 0 aromatic heterocycles. The van der Waals surface area contributed by atoms with Crippen molar-refractivity contribution in [2.45, 2.75) is 26.3 Å². The summed E-state index contributed by atoms with van der Waals surface area (Å²) in [5.74, 6) is -0.980. The molecule has 0 heterocycles. The number of hydrogen-bond acceptors (Lipinski definition) is 2. The van der Waals surface area contributed by atoms with Gasteiger partial charge in [0, 0.05) is 29.9 Å². The van der Waals surface area contributed by atoms with Crippen LogP contribution < -0.4 is 4.90 Å². The van der Waals surface area contributed by atoms with E-state index in [2.05, 4.69) is 18.7 Å². The molecular formula is C14H18ClNO2. The van der Waals surface area contributed by atoms with Gasteiger partial charge < -0.3 is 10.0 Å². The zero-order valence-corrected chi connectivity index (χ0v) is 11.6. The molecule has 3 nitrogen and oxygen atoms in total. The first kappa shape index (κ1) is 14.6. The SMILES string of the molecule is CCC(C)N(C)c1ccc(/C=C/C(=O)O)c(Cl)c1. The van der Waals surface area contributed by atoms with E-state index in [1.165, 1.54) is 6.08 Å². The van der Waals surface area contributed by atoms with Gasteiger partial charge in [0.05, 0.1) is 0 Å². The lowest BCUT2D eigenvalue weighted by atomic mass is 10.1. The molecule has 0 bridgehead atoms. The number of carboxylic acid groups (broad SMARTS) is 1. The summed E-state index contributed by atoms with van der Waals surface area (Å²) in [6.45, 7) is 4.28. The van der Waals surface area contributed by atoms with E-state index in [0.29, 0.717) is 16.6 Å². The van der Waals surface area contributed by atoms with E-state index in [9.17, 15) is 4.79 Å². The van der Waals surface area contributed by atoms with Crippen LogP contribution in [0.4, 0.5) is 5.69 Å². The fourth-order valence-electron chi connectivity index (χ4n) is 1.56. The number of nitrogens with zero attached hydrogens (tertiary/aromatic N) is 1. The maximum absolute atomic E-state index is 10.4. The van der Waals surface area contributed by atoms with Crippen molar-refractivity contribution in [1.82, 2.24) is 0 Å². The standard InChI is InChI=1S/C14H18ClNO2/c1-4-10(2)16(3)12-7-5-11(13(15)9-12)6-8-14(17)18/h5-10H,4H2,1-3H3,(H,17,18)/b8-6+. The molecule has 1 N–H and O–H groups in total. The molecule has 0 aliphatic rings. The van der Waals surface area contributed by atoms with E-state index >= 15 is 0 Å². The van der Waals surface area contributed by atoms with Crippen molar-refractivity contribution in [1.29, 1.82) is 0 Å². The summed E-state index contributed by atoms with van der Waals surface area (Å²) in [5.41, 5.74) is 1.74. The Morgan fingerprint density at radius 1 is 1.56 bits per heavy atom. The van der Waals surface area contributed by atoms with Crippen LogP contribution >= 0.6 is 11.6 Å². The minimum atomic E-state index is -0.980. The van der Waals surface area contributed by atoms with E-state index in [-0.39, 0.29) is 0 Å². The number of carbonyl (C=O) groups is 1. The quantitative estimate of drug-likeness (QED) is 0.828. The summed E-state index contributed by atoms with van der Waals surface area (Å²) >= 11 is 6.13. The minimum Gasteiger partial charge on any atom is -0.478 e. The topological polar surface area (TPSA) is 40.5 Å². The van der Waals surface area contributed by atoms with Crippen LogP contribution in [0.25, 0.3) is 6.08 Å². The van der Waals surface area contributed by atoms with Crippen LogP contribution in [0.1, 0.15) is 25.8 Å². The molecule has 1 unspecified atom stereocenters. The summed E-state index contributed by atoms with van der Waals surface area (Å²) < 4.78 is 0. The number of carboxylic acids is 1. The molecule has 1 aromatic carbocycles. The van der Waals surface area contributed by atoms with E-state index in [0.717, 1.165) is 18.2 Å². The summed E-state index contributed by atoms with van der Waals surface area (Å²) in [6.07, 6.45) is 3.63.